The van der Waals surface area contributed by atoms with Crippen LogP contribution in [0, 0.1) is 10.1 Å². The van der Waals surface area contributed by atoms with Crippen molar-refractivity contribution >= 4 is 23.5 Å². The summed E-state index contributed by atoms with van der Waals surface area (Å²) in [6, 6.07) is 3.09. The number of non-ortho nitro benzene ring substituents is 1. The number of carboxylic acids is 1. The molecular weight excluding hydrogens is 600 g/mol. The molecule has 19 nitrogen and oxygen atoms in total. The van der Waals surface area contributed by atoms with Gasteiger partial charge in [0.05, 0.1) is 23.7 Å². The Labute approximate surface area is 248 Å². The Kier molecular flexibility index (Phi) is 11.5. The monoisotopic (exact) mass is 634 g/mol. The maximum absolute atomic E-state index is 12.4. The predicted molar refractivity (Wildman–Crippen MR) is 138 cm³/mol. The van der Waals surface area contributed by atoms with E-state index in [4.69, 9.17) is 18.9 Å². The number of benzene rings is 1. The number of carbonyl (C=O) groups is 3. The van der Waals surface area contributed by atoms with E-state index >= 15 is 0 Å². The third-order valence-electron chi connectivity index (χ3n) is 6.91. The van der Waals surface area contributed by atoms with Crippen molar-refractivity contribution in [1.82, 2.24) is 5.32 Å². The van der Waals surface area contributed by atoms with Crippen LogP contribution in [0.4, 0.5) is 5.69 Å². The molecular formula is C25H34N2O17. The van der Waals surface area contributed by atoms with Crippen molar-refractivity contribution in [1.29, 1.82) is 0 Å². The fraction of sp³-hybridized carbons (Fsp3) is 0.640. The summed E-state index contributed by atoms with van der Waals surface area (Å²) in [6.07, 6.45) is -17.3. The van der Waals surface area contributed by atoms with Gasteiger partial charge in [-0.3, -0.25) is 19.7 Å². The number of carbonyl (C=O) groups excluding carboxylic acids is 2. The highest BCUT2D eigenvalue weighted by Gasteiger charge is 2.57. The molecule has 246 valence electrons. The zero-order valence-electron chi connectivity index (χ0n) is 23.4. The second-order valence-electron chi connectivity index (χ2n) is 10.2. The fourth-order valence-electron chi connectivity index (χ4n) is 4.62. The number of hydrogen-bond acceptors (Lipinski definition) is 16. The van der Waals surface area contributed by atoms with Gasteiger partial charge in [-0.15, -0.1) is 0 Å². The summed E-state index contributed by atoms with van der Waals surface area (Å²) in [5.41, 5.74) is -0.263. The summed E-state index contributed by atoms with van der Waals surface area (Å²) in [4.78, 5) is 45.5. The number of rotatable bonds is 12. The van der Waals surface area contributed by atoms with Gasteiger partial charge in [-0.05, 0) is 12.1 Å². The molecule has 0 saturated carbocycles. The number of nitrogens with one attached hydrogen (secondary N) is 1. The molecule has 0 radical (unpaired) electrons. The topological polar surface area (TPSA) is 294 Å². The fourth-order valence-corrected chi connectivity index (χ4v) is 4.62. The number of nitro groups is 1. The summed E-state index contributed by atoms with van der Waals surface area (Å²) < 4.78 is 26.6. The summed E-state index contributed by atoms with van der Waals surface area (Å²) in [5, 5.41) is 86.4. The zero-order valence-corrected chi connectivity index (χ0v) is 23.4. The third kappa shape index (κ3) is 8.14. The molecule has 44 heavy (non-hydrogen) atoms. The number of aliphatic carboxylic acids is 1. The predicted octanol–water partition coefficient (Wildman–Crippen LogP) is -3.48. The van der Waals surface area contributed by atoms with Crippen molar-refractivity contribution in [2.24, 2.45) is 0 Å². The number of aliphatic hydroxyl groups is 6. The van der Waals surface area contributed by atoms with E-state index in [-0.39, 0.29) is 11.4 Å². The molecule has 0 aliphatic carbocycles. The second kappa shape index (κ2) is 14.5. The van der Waals surface area contributed by atoms with Gasteiger partial charge in [0.15, 0.2) is 0 Å². The quantitative estimate of drug-likeness (QED) is 0.0629. The van der Waals surface area contributed by atoms with Crippen molar-refractivity contribution in [3.63, 3.8) is 0 Å². The van der Waals surface area contributed by atoms with Gasteiger partial charge in [0.25, 0.3) is 11.5 Å². The highest BCUT2D eigenvalue weighted by Crippen LogP contribution is 2.35. The smallest absolute Gasteiger partial charge is 0.364 e. The first-order valence-electron chi connectivity index (χ1n) is 13.2. The van der Waals surface area contributed by atoms with Crippen molar-refractivity contribution in [2.45, 2.75) is 87.2 Å². The van der Waals surface area contributed by atoms with Crippen molar-refractivity contribution in [3.8, 4) is 5.75 Å². The SMILES string of the molecule is CC(=O)N[C@H]1C([C@H](O)[C@H](O)COC(C)=O)O[C@@](OCC2O[C@@H](Oc3ccc([N+](=O)[O-])cc3)C(O)C(O)[C@H]2O)(C(=O)O)C[C@H]1O. The van der Waals surface area contributed by atoms with E-state index < -0.39 is 109 Å². The lowest BCUT2D eigenvalue weighted by Gasteiger charge is -2.47. The molecule has 2 saturated heterocycles. The Morgan fingerprint density at radius 2 is 1.73 bits per heavy atom. The number of esters is 1. The van der Waals surface area contributed by atoms with E-state index in [0.717, 1.165) is 26.0 Å². The third-order valence-corrected chi connectivity index (χ3v) is 6.91. The number of aliphatic hydroxyl groups excluding tert-OH is 6. The van der Waals surface area contributed by atoms with Crippen LogP contribution in [-0.4, -0.2) is 139 Å². The molecule has 0 aromatic heterocycles. The van der Waals surface area contributed by atoms with E-state index in [1.807, 2.05) is 0 Å². The van der Waals surface area contributed by atoms with Gasteiger partial charge < -0.3 is 64.7 Å². The molecule has 0 bridgehead atoms. The van der Waals surface area contributed by atoms with Gasteiger partial charge >= 0.3 is 11.9 Å². The first kappa shape index (κ1) is 35.0. The maximum Gasteiger partial charge on any atom is 0.364 e. The van der Waals surface area contributed by atoms with E-state index in [1.165, 1.54) is 12.1 Å². The molecule has 1 aromatic carbocycles. The summed E-state index contributed by atoms with van der Waals surface area (Å²) in [5.74, 6) is -6.18. The highest BCUT2D eigenvalue weighted by atomic mass is 16.7. The van der Waals surface area contributed by atoms with Gasteiger partial charge in [-0.2, -0.15) is 0 Å². The molecule has 2 heterocycles. The van der Waals surface area contributed by atoms with Crippen LogP contribution < -0.4 is 10.1 Å². The minimum absolute atomic E-state index is 0.0307. The van der Waals surface area contributed by atoms with Crippen LogP contribution in [0.15, 0.2) is 24.3 Å². The lowest BCUT2D eigenvalue weighted by atomic mass is 9.88. The minimum atomic E-state index is -2.79. The Hall–Kier alpha value is -3.53. The van der Waals surface area contributed by atoms with Crippen LogP contribution in [-0.2, 0) is 33.3 Å². The molecule has 19 heteroatoms. The number of amides is 1. The first-order chi connectivity index (χ1) is 20.6. The number of carboxylic acid groups (broad SMARTS) is 1. The summed E-state index contributed by atoms with van der Waals surface area (Å²) >= 11 is 0. The van der Waals surface area contributed by atoms with E-state index in [2.05, 4.69) is 10.1 Å². The zero-order chi connectivity index (χ0) is 32.9. The van der Waals surface area contributed by atoms with Crippen molar-refractivity contribution in [3.05, 3.63) is 34.4 Å². The average Bonchev–Trinajstić information content (AvgIpc) is 2.96. The minimum Gasteiger partial charge on any atom is -0.477 e. The van der Waals surface area contributed by atoms with Crippen molar-refractivity contribution < 1.29 is 78.7 Å². The van der Waals surface area contributed by atoms with Gasteiger partial charge in [0.1, 0.15) is 55.1 Å². The largest absolute Gasteiger partial charge is 0.477 e. The number of nitro benzene ring substituents is 1. The molecule has 2 fully saturated rings. The molecule has 11 atom stereocenters. The molecule has 1 amide bonds. The number of hydrogen-bond donors (Lipinski definition) is 8. The van der Waals surface area contributed by atoms with Crippen molar-refractivity contribution in [2.75, 3.05) is 13.2 Å². The highest BCUT2D eigenvalue weighted by molar-refractivity contribution is 5.76. The molecule has 8 N–H and O–H groups in total. The van der Waals surface area contributed by atoms with E-state index in [1.54, 1.807) is 0 Å². The van der Waals surface area contributed by atoms with Crippen LogP contribution in [0.1, 0.15) is 20.3 Å². The Morgan fingerprint density at radius 1 is 1.09 bits per heavy atom. The standard InChI is InChI=1S/C25H34N2O17/c1-10(28)26-17-14(30)7-25(24(36)37,44-22(17)18(32)15(31)8-40-11(2)29)41-9-16-19(33)20(34)21(35)23(43-16)42-13-5-3-12(4-6-13)27(38)39/h3-6,14-23,30-35H,7-9H2,1-2H3,(H,26,28)(H,36,37)/t14-,15-,16?,17-,18-,19+,20?,21?,22?,23-,25-/m1/s1. The Bertz CT molecular complexity index is 1180. The first-order valence-corrected chi connectivity index (χ1v) is 13.2. The number of ether oxygens (including phenoxy) is 5. The molecule has 4 unspecified atom stereocenters. The van der Waals surface area contributed by atoms with Gasteiger partial charge in [-0.25, -0.2) is 4.79 Å². The normalized spacial score (nSPS) is 33.5. The van der Waals surface area contributed by atoms with Crippen LogP contribution in [0.25, 0.3) is 0 Å². The van der Waals surface area contributed by atoms with Crippen LogP contribution in [0.5, 0.6) is 5.75 Å². The van der Waals surface area contributed by atoms with E-state index in [0.29, 0.717) is 0 Å². The average molecular weight is 635 g/mol. The lowest BCUT2D eigenvalue weighted by molar-refractivity contribution is -0.384. The molecule has 3 rings (SSSR count). The van der Waals surface area contributed by atoms with Crippen LogP contribution >= 0.6 is 0 Å². The molecule has 2 aliphatic heterocycles. The Morgan fingerprint density at radius 3 is 2.27 bits per heavy atom. The summed E-state index contributed by atoms with van der Waals surface area (Å²) in [6.45, 7) is 0.465. The van der Waals surface area contributed by atoms with Gasteiger partial charge in [0, 0.05) is 32.4 Å². The number of nitrogens with zero attached hydrogens (tertiary/aromatic N) is 1. The Balaban J connectivity index is 1.81. The van der Waals surface area contributed by atoms with Gasteiger partial charge in [0.2, 0.25) is 12.2 Å². The van der Waals surface area contributed by atoms with E-state index in [9.17, 15) is 60.2 Å². The molecule has 1 aromatic rings. The second-order valence-corrected chi connectivity index (χ2v) is 10.2. The van der Waals surface area contributed by atoms with Gasteiger partial charge in [-0.1, -0.05) is 0 Å². The molecule has 2 aliphatic rings. The summed E-state index contributed by atoms with van der Waals surface area (Å²) in [7, 11) is 0. The van der Waals surface area contributed by atoms with Crippen LogP contribution in [0.3, 0.4) is 0 Å². The maximum atomic E-state index is 12.4. The van der Waals surface area contributed by atoms with Crippen LogP contribution in [0.2, 0.25) is 0 Å². The molecule has 0 spiro atoms. The lowest BCUT2D eigenvalue weighted by Crippen LogP contribution is -2.68.